The van der Waals surface area contributed by atoms with Crippen molar-refractivity contribution in [1.29, 1.82) is 0 Å². The van der Waals surface area contributed by atoms with Crippen molar-refractivity contribution >= 4 is 17.4 Å². The highest BCUT2D eigenvalue weighted by Gasteiger charge is 2.43. The molecule has 0 unspecified atom stereocenters. The fourth-order valence-corrected chi connectivity index (χ4v) is 3.55. The first kappa shape index (κ1) is 15.4. The van der Waals surface area contributed by atoms with Crippen molar-refractivity contribution in [1.82, 2.24) is 5.32 Å². The van der Waals surface area contributed by atoms with Crippen molar-refractivity contribution in [3.8, 4) is 0 Å². The molecule has 126 valence electrons. The quantitative estimate of drug-likeness (QED) is 0.871. The van der Waals surface area contributed by atoms with E-state index in [1.54, 1.807) is 31.4 Å². The number of hydrogen-bond acceptors (Lipinski definition) is 5. The van der Waals surface area contributed by atoms with Crippen LogP contribution in [0.1, 0.15) is 41.4 Å². The van der Waals surface area contributed by atoms with Gasteiger partial charge in [0.25, 0.3) is 0 Å². The predicted octanol–water partition coefficient (Wildman–Crippen LogP) is 3.41. The summed E-state index contributed by atoms with van der Waals surface area (Å²) in [4.78, 5) is 25.6. The van der Waals surface area contributed by atoms with Gasteiger partial charge in [0.15, 0.2) is 5.78 Å². The van der Waals surface area contributed by atoms with E-state index in [4.69, 9.17) is 9.15 Å². The van der Waals surface area contributed by atoms with E-state index in [1.807, 2.05) is 25.1 Å². The smallest absolute Gasteiger partial charge is 0.336 e. The first-order valence-electron chi connectivity index (χ1n) is 8.20. The lowest BCUT2D eigenvalue weighted by atomic mass is 9.83. The van der Waals surface area contributed by atoms with Crippen LogP contribution in [0.4, 0.5) is 0 Å². The molecule has 1 aliphatic heterocycles. The lowest BCUT2D eigenvalue weighted by molar-refractivity contribution is -0.138. The summed E-state index contributed by atoms with van der Waals surface area (Å²) in [6.07, 6.45) is 1.54. The van der Waals surface area contributed by atoms with Gasteiger partial charge in [-0.15, -0.1) is 0 Å². The number of Topliss-reactive ketones (excluding diaryl/α,β-unsaturated/α-hetero) is 1. The minimum absolute atomic E-state index is 0.0891. The van der Waals surface area contributed by atoms with Crippen LogP contribution in [0, 0.1) is 0 Å². The van der Waals surface area contributed by atoms with Crippen LogP contribution >= 0.6 is 0 Å². The third-order valence-electron chi connectivity index (χ3n) is 4.57. The number of esters is 1. The third kappa shape index (κ3) is 2.23. The fraction of sp³-hybridized carbons (Fsp3) is 0.200. The lowest BCUT2D eigenvalue weighted by Crippen LogP contribution is -2.29. The van der Waals surface area contributed by atoms with Crippen LogP contribution in [0.25, 0.3) is 5.70 Å². The zero-order valence-electron chi connectivity index (χ0n) is 14.0. The number of rotatable bonds is 3. The molecule has 1 N–H and O–H groups in total. The summed E-state index contributed by atoms with van der Waals surface area (Å²) in [5.41, 5.74) is 3.84. The molecule has 0 fully saturated rings. The summed E-state index contributed by atoms with van der Waals surface area (Å²) >= 11 is 0. The number of furan rings is 1. The minimum atomic E-state index is -0.579. The standard InChI is InChI=1S/C20H17NO4/c1-3-24-20(23)15-11(2)21-18-12-7-4-5-8-13(12)19(22)17(18)16(15)14-9-6-10-25-14/h4-10,16,21H,3H2,1-2H3/t16-/m0/s1. The molecule has 5 nitrogen and oxygen atoms in total. The number of nitrogens with one attached hydrogen (secondary N) is 1. The molecule has 4 rings (SSSR count). The van der Waals surface area contributed by atoms with E-state index in [2.05, 4.69) is 5.32 Å². The second-order valence-corrected chi connectivity index (χ2v) is 6.00. The molecule has 1 aromatic heterocycles. The molecule has 2 aromatic rings. The highest BCUT2D eigenvalue weighted by atomic mass is 16.5. The Morgan fingerprint density at radius 2 is 1.96 bits per heavy atom. The van der Waals surface area contributed by atoms with Crippen molar-refractivity contribution in [3.63, 3.8) is 0 Å². The highest BCUT2D eigenvalue weighted by molar-refractivity contribution is 6.23. The number of hydrogen-bond donors (Lipinski definition) is 1. The zero-order chi connectivity index (χ0) is 17.6. The Balaban J connectivity index is 1.91. The van der Waals surface area contributed by atoms with Gasteiger partial charge in [-0.05, 0) is 26.0 Å². The number of carbonyl (C=O) groups is 2. The van der Waals surface area contributed by atoms with Crippen LogP contribution in [0.2, 0.25) is 0 Å². The van der Waals surface area contributed by atoms with Gasteiger partial charge >= 0.3 is 5.97 Å². The number of benzene rings is 1. The Hall–Kier alpha value is -3.08. The SMILES string of the molecule is CCOC(=O)C1=C(C)NC2=C(C(=O)c3ccccc32)[C@H]1c1ccco1. The third-order valence-corrected chi connectivity index (χ3v) is 4.57. The number of dihydropyridines is 1. The summed E-state index contributed by atoms with van der Waals surface area (Å²) < 4.78 is 10.8. The van der Waals surface area contributed by atoms with Crippen molar-refractivity contribution in [2.45, 2.75) is 19.8 Å². The molecule has 0 saturated heterocycles. The molecular formula is C20H17NO4. The van der Waals surface area contributed by atoms with Gasteiger partial charge in [0.2, 0.25) is 0 Å². The topological polar surface area (TPSA) is 68.5 Å². The molecule has 0 radical (unpaired) electrons. The van der Waals surface area contributed by atoms with E-state index in [-0.39, 0.29) is 12.4 Å². The van der Waals surface area contributed by atoms with Crippen molar-refractivity contribution < 1.29 is 18.7 Å². The number of ketones is 1. The van der Waals surface area contributed by atoms with Gasteiger partial charge in [0, 0.05) is 22.4 Å². The van der Waals surface area contributed by atoms with E-state index in [1.165, 1.54) is 0 Å². The van der Waals surface area contributed by atoms with Gasteiger partial charge in [-0.25, -0.2) is 4.79 Å². The van der Waals surface area contributed by atoms with Crippen LogP contribution < -0.4 is 5.32 Å². The van der Waals surface area contributed by atoms with E-state index in [0.29, 0.717) is 28.2 Å². The first-order chi connectivity index (χ1) is 12.1. The normalized spacial score (nSPS) is 18.8. The van der Waals surface area contributed by atoms with Crippen LogP contribution in [-0.2, 0) is 9.53 Å². The van der Waals surface area contributed by atoms with Gasteiger partial charge in [0.1, 0.15) is 5.76 Å². The Bertz CT molecular complexity index is 934. The molecule has 2 heterocycles. The second kappa shape index (κ2) is 5.77. The zero-order valence-corrected chi connectivity index (χ0v) is 14.0. The molecule has 0 amide bonds. The van der Waals surface area contributed by atoms with Crippen molar-refractivity contribution in [2.24, 2.45) is 0 Å². The summed E-state index contributed by atoms with van der Waals surface area (Å²) in [5, 5.41) is 3.24. The summed E-state index contributed by atoms with van der Waals surface area (Å²) in [7, 11) is 0. The predicted molar refractivity (Wildman–Crippen MR) is 91.6 cm³/mol. The summed E-state index contributed by atoms with van der Waals surface area (Å²) in [6, 6.07) is 11.0. The summed E-state index contributed by atoms with van der Waals surface area (Å²) in [5.74, 6) is -0.555. The van der Waals surface area contributed by atoms with Crippen molar-refractivity contribution in [2.75, 3.05) is 6.61 Å². The van der Waals surface area contributed by atoms with Gasteiger partial charge < -0.3 is 14.5 Å². The minimum Gasteiger partial charge on any atom is -0.468 e. The fourth-order valence-electron chi connectivity index (χ4n) is 3.55. The highest BCUT2D eigenvalue weighted by Crippen LogP contribution is 2.46. The van der Waals surface area contributed by atoms with E-state index in [0.717, 1.165) is 11.3 Å². The molecule has 0 spiro atoms. The molecule has 0 saturated carbocycles. The number of carbonyl (C=O) groups excluding carboxylic acids is 2. The molecule has 25 heavy (non-hydrogen) atoms. The molecule has 0 bridgehead atoms. The van der Waals surface area contributed by atoms with E-state index < -0.39 is 11.9 Å². The molecule has 1 atom stereocenters. The lowest BCUT2D eigenvalue weighted by Gasteiger charge is -2.27. The largest absolute Gasteiger partial charge is 0.468 e. The van der Waals surface area contributed by atoms with Crippen LogP contribution in [0.5, 0.6) is 0 Å². The van der Waals surface area contributed by atoms with E-state index in [9.17, 15) is 9.59 Å². The molecule has 5 heteroatoms. The average molecular weight is 335 g/mol. The molecular weight excluding hydrogens is 318 g/mol. The maximum absolute atomic E-state index is 13.1. The Morgan fingerprint density at radius 3 is 2.64 bits per heavy atom. The number of allylic oxidation sites excluding steroid dienone is 2. The maximum atomic E-state index is 13.1. The first-order valence-corrected chi connectivity index (χ1v) is 8.20. The van der Waals surface area contributed by atoms with Crippen LogP contribution in [-0.4, -0.2) is 18.4 Å². The Morgan fingerprint density at radius 1 is 1.20 bits per heavy atom. The maximum Gasteiger partial charge on any atom is 0.336 e. The number of ether oxygens (including phenoxy) is 1. The number of fused-ring (bicyclic) bond motifs is 2. The van der Waals surface area contributed by atoms with Gasteiger partial charge in [-0.1, -0.05) is 24.3 Å². The van der Waals surface area contributed by atoms with Crippen LogP contribution in [0.3, 0.4) is 0 Å². The van der Waals surface area contributed by atoms with Gasteiger partial charge in [-0.3, -0.25) is 4.79 Å². The Labute approximate surface area is 145 Å². The second-order valence-electron chi connectivity index (χ2n) is 6.00. The Kier molecular flexibility index (Phi) is 3.57. The van der Waals surface area contributed by atoms with E-state index >= 15 is 0 Å². The average Bonchev–Trinajstić information content (AvgIpc) is 3.22. The van der Waals surface area contributed by atoms with Crippen molar-refractivity contribution in [3.05, 3.63) is 76.4 Å². The van der Waals surface area contributed by atoms with Crippen LogP contribution in [0.15, 0.2) is 63.9 Å². The van der Waals surface area contributed by atoms with Gasteiger partial charge in [0.05, 0.1) is 30.1 Å². The molecule has 1 aromatic carbocycles. The summed E-state index contributed by atoms with van der Waals surface area (Å²) in [6.45, 7) is 3.84. The molecule has 2 aliphatic rings. The van der Waals surface area contributed by atoms with Gasteiger partial charge in [-0.2, -0.15) is 0 Å². The monoisotopic (exact) mass is 335 g/mol. The molecule has 1 aliphatic carbocycles.